The molecule has 0 aliphatic heterocycles. The molecule has 0 aliphatic carbocycles. The molecule has 1 aromatic carbocycles. The van der Waals surface area contributed by atoms with Gasteiger partial charge in [-0.05, 0) is 42.6 Å². The first kappa shape index (κ1) is 31.4. The molecule has 36 heavy (non-hydrogen) atoms. The molecule has 0 spiro atoms. The number of hydrogen-bond donors (Lipinski definition) is 3. The quantitative estimate of drug-likeness (QED) is 0.298. The summed E-state index contributed by atoms with van der Waals surface area (Å²) >= 11 is 5.74. The molecular formula is C27H42ClN3O5. The molecule has 0 radical (unpaired) electrons. The Morgan fingerprint density at radius 1 is 0.722 bits per heavy atom. The lowest BCUT2D eigenvalue weighted by molar-refractivity contribution is -0.132. The van der Waals surface area contributed by atoms with Gasteiger partial charge in [-0.15, -0.1) is 11.6 Å². The first-order valence-electron chi connectivity index (χ1n) is 12.6. The second-order valence-electron chi connectivity index (χ2n) is 10.4. The number of carbonyl (C=O) groups excluding carboxylic acids is 4. The Kier molecular flexibility index (Phi) is 14.1. The predicted octanol–water partition coefficient (Wildman–Crippen LogP) is 4.20. The van der Waals surface area contributed by atoms with Gasteiger partial charge in [0, 0.05) is 0 Å². The summed E-state index contributed by atoms with van der Waals surface area (Å²) in [7, 11) is 0. The zero-order valence-corrected chi connectivity index (χ0v) is 23.1. The van der Waals surface area contributed by atoms with Crippen molar-refractivity contribution in [3.8, 4) is 0 Å². The minimum atomic E-state index is -0.883. The number of alkyl halides is 1. The number of halogens is 1. The van der Waals surface area contributed by atoms with Crippen LogP contribution >= 0.6 is 11.6 Å². The number of hydrogen-bond acceptors (Lipinski definition) is 5. The first-order chi connectivity index (χ1) is 16.9. The summed E-state index contributed by atoms with van der Waals surface area (Å²) in [5.74, 6) is -1.04. The minimum absolute atomic E-state index is 0.0763. The number of Topliss-reactive ketones (excluding diaryl/α,β-unsaturated/α-hetero) is 1. The van der Waals surface area contributed by atoms with Gasteiger partial charge < -0.3 is 20.7 Å². The number of nitrogens with one attached hydrogen (secondary N) is 3. The van der Waals surface area contributed by atoms with E-state index >= 15 is 0 Å². The highest BCUT2D eigenvalue weighted by molar-refractivity contribution is 6.28. The van der Waals surface area contributed by atoms with E-state index in [1.54, 1.807) is 0 Å². The Hall–Kier alpha value is -2.61. The Bertz CT molecular complexity index is 845. The number of amides is 3. The van der Waals surface area contributed by atoms with Crippen LogP contribution in [0.2, 0.25) is 0 Å². The van der Waals surface area contributed by atoms with Gasteiger partial charge in [0.2, 0.25) is 11.8 Å². The van der Waals surface area contributed by atoms with Gasteiger partial charge in [0.1, 0.15) is 18.7 Å². The molecular weight excluding hydrogens is 482 g/mol. The average molecular weight is 524 g/mol. The van der Waals surface area contributed by atoms with Crippen molar-refractivity contribution in [1.82, 2.24) is 16.0 Å². The average Bonchev–Trinajstić information content (AvgIpc) is 2.80. The lowest BCUT2D eigenvalue weighted by Gasteiger charge is -2.27. The first-order valence-corrected chi connectivity index (χ1v) is 13.1. The second kappa shape index (κ2) is 16.2. The molecule has 202 valence electrons. The van der Waals surface area contributed by atoms with Crippen LogP contribution in [0.25, 0.3) is 0 Å². The van der Waals surface area contributed by atoms with E-state index in [0.29, 0.717) is 19.3 Å². The number of rotatable bonds is 15. The molecule has 9 heteroatoms. The summed E-state index contributed by atoms with van der Waals surface area (Å²) in [6, 6.07) is 6.76. The number of ether oxygens (including phenoxy) is 1. The molecule has 0 unspecified atom stereocenters. The Labute approximate surface area is 220 Å². The van der Waals surface area contributed by atoms with Crippen LogP contribution in [0, 0.1) is 17.8 Å². The molecule has 0 heterocycles. The van der Waals surface area contributed by atoms with Crippen molar-refractivity contribution in [1.29, 1.82) is 0 Å². The van der Waals surface area contributed by atoms with Gasteiger partial charge in [0.05, 0.1) is 11.9 Å². The number of ketones is 1. The fourth-order valence-corrected chi connectivity index (χ4v) is 3.88. The molecule has 8 nitrogen and oxygen atoms in total. The summed E-state index contributed by atoms with van der Waals surface area (Å²) in [6.07, 6.45) is 0.468. The molecule has 3 amide bonds. The molecule has 0 fully saturated rings. The van der Waals surface area contributed by atoms with E-state index in [2.05, 4.69) is 16.0 Å². The highest BCUT2D eigenvalue weighted by atomic mass is 35.5. The van der Waals surface area contributed by atoms with Gasteiger partial charge >= 0.3 is 6.09 Å². The normalized spacial score (nSPS) is 13.7. The zero-order valence-electron chi connectivity index (χ0n) is 22.3. The fourth-order valence-electron chi connectivity index (χ4n) is 3.69. The number of alkyl carbamates (subject to hydrolysis) is 1. The van der Waals surface area contributed by atoms with Crippen molar-refractivity contribution in [2.45, 2.75) is 85.5 Å². The van der Waals surface area contributed by atoms with Crippen LogP contribution in [0.15, 0.2) is 30.3 Å². The van der Waals surface area contributed by atoms with Crippen molar-refractivity contribution in [2.75, 3.05) is 5.88 Å². The highest BCUT2D eigenvalue weighted by Gasteiger charge is 2.30. The third-order valence-corrected chi connectivity index (χ3v) is 5.68. The van der Waals surface area contributed by atoms with Gasteiger partial charge in [0.25, 0.3) is 0 Å². The van der Waals surface area contributed by atoms with E-state index in [4.69, 9.17) is 16.3 Å². The van der Waals surface area contributed by atoms with Crippen molar-refractivity contribution in [2.24, 2.45) is 17.8 Å². The maximum Gasteiger partial charge on any atom is 0.408 e. The van der Waals surface area contributed by atoms with Gasteiger partial charge in [0.15, 0.2) is 5.78 Å². The monoisotopic (exact) mass is 523 g/mol. The molecule has 1 aromatic rings. The van der Waals surface area contributed by atoms with E-state index in [0.717, 1.165) is 5.56 Å². The second-order valence-corrected chi connectivity index (χ2v) is 10.6. The maximum absolute atomic E-state index is 13.2. The lowest BCUT2D eigenvalue weighted by atomic mass is 9.98. The molecule has 0 saturated carbocycles. The van der Waals surface area contributed by atoms with Gasteiger partial charge in [-0.3, -0.25) is 14.4 Å². The van der Waals surface area contributed by atoms with Gasteiger partial charge in [-0.25, -0.2) is 4.79 Å². The zero-order chi connectivity index (χ0) is 27.3. The molecule has 0 aromatic heterocycles. The maximum atomic E-state index is 13.2. The topological polar surface area (TPSA) is 114 Å². The highest BCUT2D eigenvalue weighted by Crippen LogP contribution is 2.12. The standard InChI is InChI=1S/C27H42ClN3O5/c1-17(2)12-21(24(32)15-28)29-25(33)22(13-18(3)4)30-26(34)23(14-19(5)6)31-27(35)36-16-20-10-8-7-9-11-20/h7-11,17-19,21-23H,12-16H2,1-6H3,(H,29,33)(H,30,34)(H,31,35)/t21-,22-,23-/m0/s1. The molecule has 0 bridgehead atoms. The Morgan fingerprint density at radius 2 is 1.17 bits per heavy atom. The molecule has 3 N–H and O–H groups in total. The summed E-state index contributed by atoms with van der Waals surface area (Å²) < 4.78 is 5.28. The predicted molar refractivity (Wildman–Crippen MR) is 142 cm³/mol. The van der Waals surface area contributed by atoms with E-state index in [9.17, 15) is 19.2 Å². The third kappa shape index (κ3) is 12.4. The van der Waals surface area contributed by atoms with Crippen molar-refractivity contribution in [3.63, 3.8) is 0 Å². The molecule has 3 atom stereocenters. The molecule has 0 aliphatic rings. The van der Waals surface area contributed by atoms with E-state index in [-0.39, 0.29) is 36.0 Å². The summed E-state index contributed by atoms with van der Waals surface area (Å²) in [5.41, 5.74) is 0.827. The van der Waals surface area contributed by atoms with Crippen molar-refractivity contribution in [3.05, 3.63) is 35.9 Å². The number of benzene rings is 1. The lowest BCUT2D eigenvalue weighted by Crippen LogP contribution is -2.56. The Morgan fingerprint density at radius 3 is 1.64 bits per heavy atom. The van der Waals surface area contributed by atoms with Crippen LogP contribution < -0.4 is 16.0 Å². The van der Waals surface area contributed by atoms with Gasteiger partial charge in [-0.2, -0.15) is 0 Å². The summed E-state index contributed by atoms with van der Waals surface area (Å²) in [4.78, 5) is 51.0. The van der Waals surface area contributed by atoms with Crippen molar-refractivity contribution < 1.29 is 23.9 Å². The molecule has 1 rings (SSSR count). The van der Waals surface area contributed by atoms with Crippen LogP contribution in [0.3, 0.4) is 0 Å². The van der Waals surface area contributed by atoms with Crippen LogP contribution in [0.5, 0.6) is 0 Å². The van der Waals surface area contributed by atoms with E-state index in [1.165, 1.54) is 0 Å². The van der Waals surface area contributed by atoms with Crippen LogP contribution in [0.1, 0.15) is 66.4 Å². The summed E-state index contributed by atoms with van der Waals surface area (Å²) in [5, 5.41) is 8.19. The fraction of sp³-hybridized carbons (Fsp3) is 0.630. The van der Waals surface area contributed by atoms with Crippen LogP contribution in [-0.4, -0.2) is 47.7 Å². The SMILES string of the molecule is CC(C)C[C@H](NC(=O)[C@H](CC(C)C)NC(=O)[C@H](CC(C)C)NC(=O)OCc1ccccc1)C(=O)CCl. The largest absolute Gasteiger partial charge is 0.445 e. The summed E-state index contributed by atoms with van der Waals surface area (Å²) in [6.45, 7) is 11.7. The minimum Gasteiger partial charge on any atom is -0.445 e. The van der Waals surface area contributed by atoms with Crippen molar-refractivity contribution >= 4 is 35.3 Å². The number of carbonyl (C=O) groups is 4. The van der Waals surface area contributed by atoms with Crippen LogP contribution in [0.4, 0.5) is 4.79 Å². The third-order valence-electron chi connectivity index (χ3n) is 5.41. The van der Waals surface area contributed by atoms with E-state index < -0.39 is 36.0 Å². The van der Waals surface area contributed by atoms with Gasteiger partial charge in [-0.1, -0.05) is 71.9 Å². The smallest absolute Gasteiger partial charge is 0.408 e. The molecule has 0 saturated heterocycles. The van der Waals surface area contributed by atoms with Crippen LogP contribution in [-0.2, 0) is 25.7 Å². The van der Waals surface area contributed by atoms with E-state index in [1.807, 2.05) is 71.9 Å². The Balaban J connectivity index is 2.91.